The van der Waals surface area contributed by atoms with Gasteiger partial charge in [-0.1, -0.05) is 0 Å². The zero-order valence-corrected chi connectivity index (χ0v) is 9.42. The first-order chi connectivity index (χ1) is 6.34. The second-order valence-electron chi connectivity index (χ2n) is 3.77. The van der Waals surface area contributed by atoms with E-state index in [0.717, 1.165) is 4.90 Å². The lowest BCUT2D eigenvalue weighted by atomic mass is 10.4. The number of imide groups is 1. The van der Waals surface area contributed by atoms with Gasteiger partial charge in [-0.3, -0.25) is 0 Å². The Hall–Kier alpha value is -1.26. The van der Waals surface area contributed by atoms with Gasteiger partial charge in [0.25, 0.3) is 0 Å². The minimum atomic E-state index is -0.391. The second-order valence-corrected chi connectivity index (χ2v) is 3.77. The number of rotatable bonds is 2. The SMILES string of the molecule is CC(C)NC(=O)N(C)C(=O)NC(C)C. The maximum absolute atomic E-state index is 11.3. The van der Waals surface area contributed by atoms with Gasteiger partial charge in [0.2, 0.25) is 0 Å². The average molecular weight is 201 g/mol. The smallest absolute Gasteiger partial charge is 0.325 e. The van der Waals surface area contributed by atoms with E-state index >= 15 is 0 Å². The third-order valence-electron chi connectivity index (χ3n) is 1.43. The number of hydrogen-bond acceptors (Lipinski definition) is 2. The highest BCUT2D eigenvalue weighted by Gasteiger charge is 2.17. The summed E-state index contributed by atoms with van der Waals surface area (Å²) in [7, 11) is 1.44. The molecule has 0 fully saturated rings. The molecule has 0 aliphatic rings. The van der Waals surface area contributed by atoms with Gasteiger partial charge in [0.05, 0.1) is 0 Å². The third kappa shape index (κ3) is 4.69. The Balaban J connectivity index is 4.11. The van der Waals surface area contributed by atoms with Crippen LogP contribution >= 0.6 is 0 Å². The zero-order valence-electron chi connectivity index (χ0n) is 9.42. The molecule has 0 unspecified atom stereocenters. The Morgan fingerprint density at radius 3 is 1.43 bits per heavy atom. The summed E-state index contributed by atoms with van der Waals surface area (Å²) in [5.41, 5.74) is 0. The summed E-state index contributed by atoms with van der Waals surface area (Å²) >= 11 is 0. The molecule has 5 nitrogen and oxygen atoms in total. The minimum absolute atomic E-state index is 0.0248. The Morgan fingerprint density at radius 2 is 1.21 bits per heavy atom. The van der Waals surface area contributed by atoms with Crippen LogP contribution < -0.4 is 10.6 Å². The van der Waals surface area contributed by atoms with Crippen molar-refractivity contribution in [3.63, 3.8) is 0 Å². The van der Waals surface area contributed by atoms with E-state index in [1.165, 1.54) is 7.05 Å². The van der Waals surface area contributed by atoms with Gasteiger partial charge in [0.15, 0.2) is 0 Å². The second kappa shape index (κ2) is 5.47. The van der Waals surface area contributed by atoms with E-state index in [1.54, 1.807) is 0 Å². The van der Waals surface area contributed by atoms with Gasteiger partial charge in [-0.25, -0.2) is 14.5 Å². The van der Waals surface area contributed by atoms with Crippen LogP contribution in [0.3, 0.4) is 0 Å². The predicted octanol–water partition coefficient (Wildman–Crippen LogP) is 1.15. The van der Waals surface area contributed by atoms with Gasteiger partial charge >= 0.3 is 12.1 Å². The molecule has 0 saturated carbocycles. The fourth-order valence-corrected chi connectivity index (χ4v) is 0.780. The van der Waals surface area contributed by atoms with Crippen LogP contribution in [0.2, 0.25) is 0 Å². The molecule has 0 aliphatic carbocycles. The fraction of sp³-hybridized carbons (Fsp3) is 0.778. The van der Waals surface area contributed by atoms with Crippen molar-refractivity contribution in [2.24, 2.45) is 0 Å². The molecule has 0 atom stereocenters. The van der Waals surface area contributed by atoms with Gasteiger partial charge in [-0.15, -0.1) is 0 Å². The van der Waals surface area contributed by atoms with E-state index in [1.807, 2.05) is 27.7 Å². The van der Waals surface area contributed by atoms with E-state index in [-0.39, 0.29) is 12.1 Å². The van der Waals surface area contributed by atoms with Gasteiger partial charge < -0.3 is 10.6 Å². The summed E-state index contributed by atoms with van der Waals surface area (Å²) in [6.07, 6.45) is 0. The van der Waals surface area contributed by atoms with Crippen LogP contribution in [0.1, 0.15) is 27.7 Å². The Labute approximate surface area is 84.8 Å². The monoisotopic (exact) mass is 201 g/mol. The summed E-state index contributed by atoms with van der Waals surface area (Å²) < 4.78 is 0. The average Bonchev–Trinajstić information content (AvgIpc) is 2.00. The molecule has 0 spiro atoms. The van der Waals surface area contributed by atoms with Crippen molar-refractivity contribution in [2.75, 3.05) is 7.05 Å². The van der Waals surface area contributed by atoms with Crippen LogP contribution in [0.4, 0.5) is 9.59 Å². The van der Waals surface area contributed by atoms with Crippen LogP contribution in [0, 0.1) is 0 Å². The topological polar surface area (TPSA) is 61.4 Å². The molecule has 0 bridgehead atoms. The molecule has 0 aromatic heterocycles. The van der Waals surface area contributed by atoms with Crippen molar-refractivity contribution in [1.29, 1.82) is 0 Å². The predicted molar refractivity (Wildman–Crippen MR) is 55.1 cm³/mol. The highest BCUT2D eigenvalue weighted by atomic mass is 16.2. The van der Waals surface area contributed by atoms with E-state index in [0.29, 0.717) is 0 Å². The summed E-state index contributed by atoms with van der Waals surface area (Å²) in [6, 6.07) is -0.732. The van der Waals surface area contributed by atoms with Crippen LogP contribution in [0.5, 0.6) is 0 Å². The molecule has 4 amide bonds. The lowest BCUT2D eigenvalue weighted by molar-refractivity contribution is 0.191. The summed E-state index contributed by atoms with van der Waals surface area (Å²) in [6.45, 7) is 7.36. The Bertz CT molecular complexity index is 192. The van der Waals surface area contributed by atoms with Crippen LogP contribution in [0.25, 0.3) is 0 Å². The van der Waals surface area contributed by atoms with Crippen molar-refractivity contribution in [3.05, 3.63) is 0 Å². The maximum atomic E-state index is 11.3. The molecule has 0 aromatic rings. The van der Waals surface area contributed by atoms with Gasteiger partial charge in [0, 0.05) is 19.1 Å². The molecule has 5 heteroatoms. The zero-order chi connectivity index (χ0) is 11.3. The summed E-state index contributed by atoms with van der Waals surface area (Å²) in [5.74, 6) is 0. The Kier molecular flexibility index (Phi) is 4.97. The van der Waals surface area contributed by atoms with Crippen LogP contribution in [0.15, 0.2) is 0 Å². The highest BCUT2D eigenvalue weighted by Crippen LogP contribution is 1.90. The van der Waals surface area contributed by atoms with E-state index in [4.69, 9.17) is 0 Å². The summed E-state index contributed by atoms with van der Waals surface area (Å²) in [4.78, 5) is 23.7. The van der Waals surface area contributed by atoms with Crippen molar-refractivity contribution in [3.8, 4) is 0 Å². The standard InChI is InChI=1S/C9H19N3O2/c1-6(2)10-8(13)12(5)9(14)11-7(3)4/h6-7H,1-5H3,(H,10,13)(H,11,14). The van der Waals surface area contributed by atoms with Crippen LogP contribution in [-0.4, -0.2) is 36.1 Å². The van der Waals surface area contributed by atoms with Crippen molar-refractivity contribution in [2.45, 2.75) is 39.8 Å². The largest absolute Gasteiger partial charge is 0.335 e. The third-order valence-corrected chi connectivity index (χ3v) is 1.43. The van der Waals surface area contributed by atoms with E-state index in [2.05, 4.69) is 10.6 Å². The molecule has 0 aliphatic heterocycles. The van der Waals surface area contributed by atoms with E-state index in [9.17, 15) is 9.59 Å². The van der Waals surface area contributed by atoms with E-state index < -0.39 is 12.1 Å². The lowest BCUT2D eigenvalue weighted by Crippen LogP contribution is -2.49. The molecule has 0 rings (SSSR count). The minimum Gasteiger partial charge on any atom is -0.335 e. The number of hydrogen-bond donors (Lipinski definition) is 2. The van der Waals surface area contributed by atoms with Gasteiger partial charge in [-0.05, 0) is 27.7 Å². The molecule has 0 aromatic carbocycles. The first kappa shape index (κ1) is 12.7. The number of urea groups is 2. The number of amides is 4. The molecule has 0 saturated heterocycles. The first-order valence-corrected chi connectivity index (χ1v) is 4.69. The lowest BCUT2D eigenvalue weighted by Gasteiger charge is -2.19. The molecule has 0 radical (unpaired) electrons. The number of nitrogens with zero attached hydrogens (tertiary/aromatic N) is 1. The molecule has 82 valence electrons. The van der Waals surface area contributed by atoms with Crippen molar-refractivity contribution < 1.29 is 9.59 Å². The van der Waals surface area contributed by atoms with Gasteiger partial charge in [-0.2, -0.15) is 0 Å². The molecule has 14 heavy (non-hydrogen) atoms. The first-order valence-electron chi connectivity index (χ1n) is 4.69. The molecule has 0 heterocycles. The number of carbonyl (C=O) groups excluding carboxylic acids is 2. The van der Waals surface area contributed by atoms with Crippen molar-refractivity contribution in [1.82, 2.24) is 15.5 Å². The Morgan fingerprint density at radius 1 is 0.929 bits per heavy atom. The normalized spacial score (nSPS) is 10.2. The molecule has 2 N–H and O–H groups in total. The quantitative estimate of drug-likeness (QED) is 0.704. The molecular weight excluding hydrogens is 182 g/mol. The summed E-state index contributed by atoms with van der Waals surface area (Å²) in [5, 5.41) is 5.25. The number of nitrogens with one attached hydrogen (secondary N) is 2. The fourth-order valence-electron chi connectivity index (χ4n) is 0.780. The molecular formula is C9H19N3O2. The maximum Gasteiger partial charge on any atom is 0.325 e. The van der Waals surface area contributed by atoms with Gasteiger partial charge in [0.1, 0.15) is 0 Å². The highest BCUT2D eigenvalue weighted by molar-refractivity contribution is 5.93. The van der Waals surface area contributed by atoms with Crippen molar-refractivity contribution >= 4 is 12.1 Å². The van der Waals surface area contributed by atoms with Crippen LogP contribution in [-0.2, 0) is 0 Å². The number of carbonyl (C=O) groups is 2.